The van der Waals surface area contributed by atoms with Gasteiger partial charge in [0.15, 0.2) is 0 Å². The molecule has 0 radical (unpaired) electrons. The van der Waals surface area contributed by atoms with Crippen LogP contribution in [-0.4, -0.2) is 13.7 Å². The van der Waals surface area contributed by atoms with Gasteiger partial charge in [-0.2, -0.15) is 0 Å². The summed E-state index contributed by atoms with van der Waals surface area (Å²) in [5, 5.41) is 9.48. The zero-order valence-corrected chi connectivity index (χ0v) is 13.7. The first-order valence-electron chi connectivity index (χ1n) is 6.72. The maximum Gasteiger partial charge on any atom is 0.410 e. The molecule has 1 aromatic carbocycles. The van der Waals surface area contributed by atoms with Gasteiger partial charge in [-0.25, -0.2) is 0 Å². The van der Waals surface area contributed by atoms with E-state index in [1.54, 1.807) is 12.1 Å². The molecule has 1 aliphatic rings. The molecule has 2 rings (SSSR count). The Morgan fingerprint density at radius 1 is 1.05 bits per heavy atom. The van der Waals surface area contributed by atoms with E-state index in [1.807, 2.05) is 6.07 Å². The summed E-state index contributed by atoms with van der Waals surface area (Å²) in [6.07, 6.45) is 0. The third-order valence-electron chi connectivity index (χ3n) is 3.70. The first-order chi connectivity index (χ1) is 8.57. The molecule has 19 heavy (non-hydrogen) atoms. The molecule has 1 aromatic rings. The molecule has 3 nitrogen and oxygen atoms in total. The Hall–Kier alpha value is -1.00. The van der Waals surface area contributed by atoms with E-state index in [1.165, 1.54) is 0 Å². The molecular formula is C15H24O3Si. The first kappa shape index (κ1) is 14.4. The minimum absolute atomic E-state index is 0.0270. The molecule has 1 aliphatic heterocycles. The predicted octanol–water partition coefficient (Wildman–Crippen LogP) is 4.34. The standard InChI is InChI=1S/C15H24O3Si/c1-14(2,3)19(15(4,5)6)17-10-11-9-12(16)7-8-13(11)18-19/h7-9,16H,10H2,1-6H3. The Balaban J connectivity index is 2.49. The smallest absolute Gasteiger partial charge is 0.410 e. The van der Waals surface area contributed by atoms with Gasteiger partial charge in [-0.15, -0.1) is 0 Å². The molecular weight excluding hydrogens is 256 g/mol. The van der Waals surface area contributed by atoms with Crippen molar-refractivity contribution in [2.75, 3.05) is 0 Å². The quantitative estimate of drug-likeness (QED) is 0.718. The molecule has 0 spiro atoms. The number of phenols is 1. The molecule has 0 saturated heterocycles. The topological polar surface area (TPSA) is 38.7 Å². The summed E-state index contributed by atoms with van der Waals surface area (Å²) in [7, 11) is -2.44. The van der Waals surface area contributed by atoms with Crippen LogP contribution in [0.15, 0.2) is 18.2 Å². The monoisotopic (exact) mass is 280 g/mol. The van der Waals surface area contributed by atoms with Crippen LogP contribution in [-0.2, 0) is 11.0 Å². The lowest BCUT2D eigenvalue weighted by atomic mass is 10.2. The van der Waals surface area contributed by atoms with Crippen molar-refractivity contribution in [3.05, 3.63) is 23.8 Å². The van der Waals surface area contributed by atoms with Gasteiger partial charge in [0.05, 0.1) is 6.61 Å². The number of benzene rings is 1. The highest BCUT2D eigenvalue weighted by Crippen LogP contribution is 2.54. The van der Waals surface area contributed by atoms with Crippen LogP contribution >= 0.6 is 0 Å². The Morgan fingerprint density at radius 2 is 1.63 bits per heavy atom. The van der Waals surface area contributed by atoms with E-state index in [0.29, 0.717) is 6.61 Å². The second-order valence-electron chi connectivity index (χ2n) is 7.30. The van der Waals surface area contributed by atoms with Gasteiger partial charge in [0.2, 0.25) is 0 Å². The molecule has 0 unspecified atom stereocenters. The van der Waals surface area contributed by atoms with Gasteiger partial charge in [-0.3, -0.25) is 0 Å². The highest BCUT2D eigenvalue weighted by Gasteiger charge is 2.61. The van der Waals surface area contributed by atoms with Gasteiger partial charge in [0.25, 0.3) is 0 Å². The summed E-state index contributed by atoms with van der Waals surface area (Å²) >= 11 is 0. The van der Waals surface area contributed by atoms with E-state index >= 15 is 0 Å². The second-order valence-corrected chi connectivity index (χ2v) is 12.0. The van der Waals surface area contributed by atoms with E-state index in [9.17, 15) is 5.11 Å². The molecule has 1 N–H and O–H groups in total. The Morgan fingerprint density at radius 3 is 2.16 bits per heavy atom. The summed E-state index contributed by atoms with van der Waals surface area (Å²) in [4.78, 5) is 0. The second kappa shape index (κ2) is 4.25. The average molecular weight is 280 g/mol. The van der Waals surface area contributed by atoms with Crippen molar-refractivity contribution in [1.29, 1.82) is 0 Å². The van der Waals surface area contributed by atoms with Crippen LogP contribution in [0.4, 0.5) is 0 Å². The van der Waals surface area contributed by atoms with Crippen molar-refractivity contribution >= 4 is 8.56 Å². The van der Waals surface area contributed by atoms with Crippen LogP contribution in [0.2, 0.25) is 10.1 Å². The van der Waals surface area contributed by atoms with Gasteiger partial charge in [-0.1, -0.05) is 41.5 Å². The maximum atomic E-state index is 9.54. The minimum Gasteiger partial charge on any atom is -0.519 e. The highest BCUT2D eigenvalue weighted by molar-refractivity contribution is 6.74. The minimum atomic E-state index is -2.44. The van der Waals surface area contributed by atoms with E-state index in [0.717, 1.165) is 11.3 Å². The predicted molar refractivity (Wildman–Crippen MR) is 78.7 cm³/mol. The molecule has 4 heteroatoms. The molecule has 0 aromatic heterocycles. The zero-order valence-electron chi connectivity index (χ0n) is 12.7. The summed E-state index contributed by atoms with van der Waals surface area (Å²) < 4.78 is 12.7. The molecule has 0 saturated carbocycles. The van der Waals surface area contributed by atoms with Crippen LogP contribution in [0.1, 0.15) is 47.1 Å². The van der Waals surface area contributed by atoms with Crippen molar-refractivity contribution in [2.45, 2.75) is 58.2 Å². The Bertz CT molecular complexity index is 469. The summed E-state index contributed by atoms with van der Waals surface area (Å²) in [5.74, 6) is 1.12. The first-order valence-corrected chi connectivity index (χ1v) is 8.53. The molecule has 1 heterocycles. The third-order valence-corrected chi connectivity index (χ3v) is 8.71. The number of fused-ring (bicyclic) bond motifs is 1. The van der Waals surface area contributed by atoms with E-state index < -0.39 is 8.56 Å². The summed E-state index contributed by atoms with van der Waals surface area (Å²) in [5.41, 5.74) is 0.927. The van der Waals surface area contributed by atoms with Gasteiger partial charge >= 0.3 is 8.56 Å². The number of hydrogen-bond acceptors (Lipinski definition) is 3. The van der Waals surface area contributed by atoms with Gasteiger partial charge in [0, 0.05) is 15.6 Å². The van der Waals surface area contributed by atoms with E-state index in [4.69, 9.17) is 8.85 Å². The van der Waals surface area contributed by atoms with E-state index in [2.05, 4.69) is 41.5 Å². The Kier molecular flexibility index (Phi) is 3.22. The molecule has 106 valence electrons. The largest absolute Gasteiger partial charge is 0.519 e. The fourth-order valence-electron chi connectivity index (χ4n) is 3.01. The zero-order chi connectivity index (χ0) is 14.5. The number of rotatable bonds is 0. The van der Waals surface area contributed by atoms with Crippen LogP contribution in [0.25, 0.3) is 0 Å². The summed E-state index contributed by atoms with van der Waals surface area (Å²) in [6.45, 7) is 13.7. The van der Waals surface area contributed by atoms with Gasteiger partial charge < -0.3 is 14.0 Å². The fraction of sp³-hybridized carbons (Fsp3) is 0.600. The lowest BCUT2D eigenvalue weighted by Crippen LogP contribution is -2.61. The molecule has 0 atom stereocenters. The molecule has 0 fully saturated rings. The van der Waals surface area contributed by atoms with Crippen molar-refractivity contribution in [3.63, 3.8) is 0 Å². The Labute approximate surface area is 116 Å². The average Bonchev–Trinajstić information content (AvgIpc) is 2.25. The van der Waals surface area contributed by atoms with Crippen LogP contribution in [0.3, 0.4) is 0 Å². The van der Waals surface area contributed by atoms with Gasteiger partial charge in [-0.05, 0) is 18.2 Å². The van der Waals surface area contributed by atoms with Crippen molar-refractivity contribution in [2.24, 2.45) is 0 Å². The van der Waals surface area contributed by atoms with Crippen LogP contribution < -0.4 is 4.43 Å². The van der Waals surface area contributed by atoms with E-state index in [-0.39, 0.29) is 15.8 Å². The normalized spacial score (nSPS) is 18.6. The van der Waals surface area contributed by atoms with Crippen molar-refractivity contribution in [3.8, 4) is 11.5 Å². The van der Waals surface area contributed by atoms with Gasteiger partial charge in [0.1, 0.15) is 11.5 Å². The van der Waals surface area contributed by atoms with Crippen LogP contribution in [0, 0.1) is 0 Å². The van der Waals surface area contributed by atoms with Crippen LogP contribution in [0.5, 0.6) is 11.5 Å². The SMILES string of the molecule is CC(C)(C)[Si]1(C(C)(C)C)OCc2cc(O)ccc2O1. The number of hydrogen-bond donors (Lipinski definition) is 1. The molecule has 0 bridgehead atoms. The third kappa shape index (κ3) is 2.27. The van der Waals surface area contributed by atoms with Crippen molar-refractivity contribution in [1.82, 2.24) is 0 Å². The molecule has 0 amide bonds. The highest BCUT2D eigenvalue weighted by atomic mass is 28.4. The number of phenolic OH excluding ortho intramolecular Hbond substituents is 1. The van der Waals surface area contributed by atoms with Crippen molar-refractivity contribution < 1.29 is 14.0 Å². The molecule has 0 aliphatic carbocycles. The fourth-order valence-corrected chi connectivity index (χ4v) is 7.66. The maximum absolute atomic E-state index is 9.54. The summed E-state index contributed by atoms with van der Waals surface area (Å²) in [6, 6.07) is 5.25. The number of aromatic hydroxyl groups is 1. The lowest BCUT2D eigenvalue weighted by molar-refractivity contribution is 0.155. The lowest BCUT2D eigenvalue weighted by Gasteiger charge is -2.50.